The highest BCUT2D eigenvalue weighted by Gasteiger charge is 2.05. The first-order valence-electron chi connectivity index (χ1n) is 5.45. The van der Waals surface area contributed by atoms with Gasteiger partial charge in [0.05, 0.1) is 11.0 Å². The van der Waals surface area contributed by atoms with Crippen molar-refractivity contribution in [1.82, 2.24) is 9.97 Å². The molecule has 1 aromatic heterocycles. The molecule has 0 aliphatic rings. The molecule has 0 atom stereocenters. The van der Waals surface area contributed by atoms with E-state index in [9.17, 15) is 0 Å². The van der Waals surface area contributed by atoms with Crippen molar-refractivity contribution in [3.8, 4) is 11.4 Å². The molecule has 3 rings (SSSR count). The predicted octanol–water partition coefficient (Wildman–Crippen LogP) is 4.14. The molecule has 0 spiro atoms. The summed E-state index contributed by atoms with van der Waals surface area (Å²) in [6.45, 7) is 2.12. The van der Waals surface area contributed by atoms with Gasteiger partial charge in [-0.1, -0.05) is 18.2 Å². The quantitative estimate of drug-likeness (QED) is 0.666. The van der Waals surface area contributed by atoms with Crippen molar-refractivity contribution in [2.75, 3.05) is 0 Å². The van der Waals surface area contributed by atoms with Gasteiger partial charge in [-0.05, 0) is 59.3 Å². The highest BCUT2D eigenvalue weighted by Crippen LogP contribution is 2.23. The van der Waals surface area contributed by atoms with Crippen LogP contribution in [0.15, 0.2) is 42.5 Å². The summed E-state index contributed by atoms with van der Waals surface area (Å²) < 4.78 is 1.28. The Balaban J connectivity index is 2.17. The fourth-order valence-corrected chi connectivity index (χ4v) is 2.22. The van der Waals surface area contributed by atoms with Gasteiger partial charge in [0.15, 0.2) is 0 Å². The van der Waals surface area contributed by atoms with Gasteiger partial charge in [0, 0.05) is 9.13 Å². The molecule has 2 nitrogen and oxygen atoms in total. The Labute approximate surface area is 113 Å². The molecule has 2 aromatic carbocycles. The minimum absolute atomic E-state index is 0.936. The van der Waals surface area contributed by atoms with E-state index < -0.39 is 0 Å². The lowest BCUT2D eigenvalue weighted by Gasteiger charge is -2.00. The zero-order valence-electron chi connectivity index (χ0n) is 9.37. The number of benzene rings is 2. The predicted molar refractivity (Wildman–Crippen MR) is 79.0 cm³/mol. The molecule has 3 aromatic rings. The van der Waals surface area contributed by atoms with E-state index in [1.807, 2.05) is 24.3 Å². The monoisotopic (exact) mass is 334 g/mol. The molecule has 0 saturated heterocycles. The molecule has 3 heteroatoms. The van der Waals surface area contributed by atoms with Crippen LogP contribution in [0.25, 0.3) is 22.4 Å². The van der Waals surface area contributed by atoms with Gasteiger partial charge in [0.1, 0.15) is 5.82 Å². The average Bonchev–Trinajstić information content (AvgIpc) is 2.76. The Hall–Kier alpha value is -1.36. The lowest BCUT2D eigenvalue weighted by Crippen LogP contribution is -1.84. The van der Waals surface area contributed by atoms with Crippen LogP contribution in [0.1, 0.15) is 5.56 Å². The largest absolute Gasteiger partial charge is 0.338 e. The number of rotatable bonds is 1. The number of halogens is 1. The minimum Gasteiger partial charge on any atom is -0.338 e. The molecule has 17 heavy (non-hydrogen) atoms. The zero-order chi connectivity index (χ0) is 11.8. The van der Waals surface area contributed by atoms with Crippen molar-refractivity contribution in [1.29, 1.82) is 0 Å². The van der Waals surface area contributed by atoms with Crippen LogP contribution in [0.2, 0.25) is 0 Å². The van der Waals surface area contributed by atoms with Gasteiger partial charge in [-0.2, -0.15) is 0 Å². The van der Waals surface area contributed by atoms with Crippen LogP contribution in [0.3, 0.4) is 0 Å². The first kappa shape index (κ1) is 10.8. The molecule has 0 bridgehead atoms. The topological polar surface area (TPSA) is 28.7 Å². The number of para-hydroxylation sites is 2. The van der Waals surface area contributed by atoms with Gasteiger partial charge in [-0.3, -0.25) is 0 Å². The summed E-state index contributed by atoms with van der Waals surface area (Å²) in [5.74, 6) is 0.936. The van der Waals surface area contributed by atoms with E-state index >= 15 is 0 Å². The van der Waals surface area contributed by atoms with Crippen molar-refractivity contribution in [3.63, 3.8) is 0 Å². The first-order chi connectivity index (χ1) is 8.24. The van der Waals surface area contributed by atoms with E-state index in [1.54, 1.807) is 0 Å². The van der Waals surface area contributed by atoms with Crippen LogP contribution < -0.4 is 0 Å². The van der Waals surface area contributed by atoms with Gasteiger partial charge in [-0.25, -0.2) is 4.98 Å². The Morgan fingerprint density at radius 2 is 1.94 bits per heavy atom. The number of nitrogens with one attached hydrogen (secondary N) is 1. The summed E-state index contributed by atoms with van der Waals surface area (Å²) in [6, 6.07) is 14.5. The Bertz CT molecular complexity index is 653. The SMILES string of the molecule is Cc1cc(-c2nc3ccccc3[nH]2)ccc1I. The molecule has 0 saturated carbocycles. The van der Waals surface area contributed by atoms with Gasteiger partial charge < -0.3 is 4.98 Å². The van der Waals surface area contributed by atoms with Gasteiger partial charge in [-0.15, -0.1) is 0 Å². The van der Waals surface area contributed by atoms with Gasteiger partial charge in [0.25, 0.3) is 0 Å². The standard InChI is InChI=1S/C14H11IN2/c1-9-8-10(6-7-11(9)15)14-16-12-4-2-3-5-13(12)17-14/h2-8H,1H3,(H,16,17). The summed E-state index contributed by atoms with van der Waals surface area (Å²) in [4.78, 5) is 7.94. The maximum absolute atomic E-state index is 4.60. The summed E-state index contributed by atoms with van der Waals surface area (Å²) in [7, 11) is 0. The number of aromatic amines is 1. The number of H-pyrrole nitrogens is 1. The van der Waals surface area contributed by atoms with Crippen molar-refractivity contribution in [2.45, 2.75) is 6.92 Å². The highest BCUT2D eigenvalue weighted by molar-refractivity contribution is 14.1. The van der Waals surface area contributed by atoms with Crippen LogP contribution in [-0.2, 0) is 0 Å². The van der Waals surface area contributed by atoms with Crippen LogP contribution in [0.5, 0.6) is 0 Å². The number of imidazole rings is 1. The van der Waals surface area contributed by atoms with Crippen molar-refractivity contribution in [3.05, 3.63) is 51.6 Å². The molecule has 0 aliphatic carbocycles. The van der Waals surface area contributed by atoms with Crippen LogP contribution in [-0.4, -0.2) is 9.97 Å². The molecule has 0 radical (unpaired) electrons. The van der Waals surface area contributed by atoms with E-state index in [2.05, 4.69) is 57.7 Å². The molecule has 0 aliphatic heterocycles. The number of aromatic nitrogens is 2. The molecule has 1 N–H and O–H groups in total. The third kappa shape index (κ3) is 1.95. The summed E-state index contributed by atoms with van der Waals surface area (Å²) in [5.41, 5.74) is 4.51. The molecule has 0 unspecified atom stereocenters. The third-order valence-electron chi connectivity index (χ3n) is 2.82. The molecular formula is C14H11IN2. The number of fused-ring (bicyclic) bond motifs is 1. The van der Waals surface area contributed by atoms with E-state index in [1.165, 1.54) is 9.13 Å². The molecule has 0 amide bonds. The normalized spacial score (nSPS) is 10.9. The fraction of sp³-hybridized carbons (Fsp3) is 0.0714. The van der Waals surface area contributed by atoms with E-state index in [0.717, 1.165) is 22.4 Å². The lowest BCUT2D eigenvalue weighted by atomic mass is 10.1. The summed E-state index contributed by atoms with van der Waals surface area (Å²) in [5, 5.41) is 0. The summed E-state index contributed by atoms with van der Waals surface area (Å²) in [6.07, 6.45) is 0. The maximum atomic E-state index is 4.60. The smallest absolute Gasteiger partial charge is 0.138 e. The van der Waals surface area contributed by atoms with Crippen LogP contribution >= 0.6 is 22.6 Å². The third-order valence-corrected chi connectivity index (χ3v) is 4.03. The van der Waals surface area contributed by atoms with Crippen molar-refractivity contribution in [2.24, 2.45) is 0 Å². The van der Waals surface area contributed by atoms with E-state index in [0.29, 0.717) is 0 Å². The van der Waals surface area contributed by atoms with Crippen LogP contribution in [0.4, 0.5) is 0 Å². The number of nitrogens with zero attached hydrogens (tertiary/aromatic N) is 1. The maximum Gasteiger partial charge on any atom is 0.138 e. The Kier molecular flexibility index (Phi) is 2.63. The van der Waals surface area contributed by atoms with Crippen molar-refractivity contribution >= 4 is 33.6 Å². The second-order valence-corrected chi connectivity index (χ2v) is 5.23. The molecular weight excluding hydrogens is 323 g/mol. The molecule has 1 heterocycles. The van der Waals surface area contributed by atoms with E-state index in [4.69, 9.17) is 0 Å². The Morgan fingerprint density at radius 3 is 2.71 bits per heavy atom. The van der Waals surface area contributed by atoms with Crippen LogP contribution in [0, 0.1) is 10.5 Å². The molecule has 84 valence electrons. The minimum atomic E-state index is 0.936. The number of hydrogen-bond acceptors (Lipinski definition) is 1. The first-order valence-corrected chi connectivity index (χ1v) is 6.53. The second kappa shape index (κ2) is 4.14. The fourth-order valence-electron chi connectivity index (χ4n) is 1.88. The van der Waals surface area contributed by atoms with E-state index in [-0.39, 0.29) is 0 Å². The second-order valence-electron chi connectivity index (χ2n) is 4.07. The van der Waals surface area contributed by atoms with Crippen molar-refractivity contribution < 1.29 is 0 Å². The Morgan fingerprint density at radius 1 is 1.12 bits per heavy atom. The number of aryl methyl sites for hydroxylation is 1. The summed E-state index contributed by atoms with van der Waals surface area (Å²) >= 11 is 2.34. The average molecular weight is 334 g/mol. The highest BCUT2D eigenvalue weighted by atomic mass is 127. The number of hydrogen-bond donors (Lipinski definition) is 1. The van der Waals surface area contributed by atoms with Gasteiger partial charge >= 0.3 is 0 Å². The molecule has 0 fully saturated rings. The zero-order valence-corrected chi connectivity index (χ0v) is 11.5. The lowest BCUT2D eigenvalue weighted by molar-refractivity contribution is 1.32. The van der Waals surface area contributed by atoms with Gasteiger partial charge in [0.2, 0.25) is 0 Å².